The van der Waals surface area contributed by atoms with Gasteiger partial charge in [-0.25, -0.2) is 9.97 Å². The number of anilines is 2. The molecule has 2 N–H and O–H groups in total. The predicted octanol–water partition coefficient (Wildman–Crippen LogP) is 4.20. The quantitative estimate of drug-likeness (QED) is 0.620. The molecule has 3 aromatic rings. The zero-order valence-corrected chi connectivity index (χ0v) is 15.7. The van der Waals surface area contributed by atoms with E-state index in [1.165, 1.54) is 5.56 Å². The summed E-state index contributed by atoms with van der Waals surface area (Å²) in [5.41, 5.74) is 3.73. The highest BCUT2D eigenvalue weighted by Crippen LogP contribution is 2.16. The molecule has 0 fully saturated rings. The molecule has 0 aliphatic heterocycles. The zero-order valence-electron chi connectivity index (χ0n) is 15.7. The lowest BCUT2D eigenvalue weighted by atomic mass is 10.1. The average Bonchev–Trinajstić information content (AvgIpc) is 2.65. The van der Waals surface area contributed by atoms with Crippen molar-refractivity contribution in [3.8, 4) is 0 Å². The van der Waals surface area contributed by atoms with Crippen LogP contribution in [0.3, 0.4) is 0 Å². The SMILES string of the molecule is Cc1cccc(Nc2cc(C(=O)NCCCc3ccccc3)nc(C)n2)c1. The molecule has 0 aliphatic rings. The molecule has 0 spiro atoms. The highest BCUT2D eigenvalue weighted by Gasteiger charge is 2.10. The summed E-state index contributed by atoms with van der Waals surface area (Å²) in [6.07, 6.45) is 1.82. The van der Waals surface area contributed by atoms with Gasteiger partial charge in [-0.15, -0.1) is 0 Å². The van der Waals surface area contributed by atoms with Crippen molar-refractivity contribution in [1.82, 2.24) is 15.3 Å². The molecule has 0 atom stereocenters. The van der Waals surface area contributed by atoms with Crippen LogP contribution >= 0.6 is 0 Å². The van der Waals surface area contributed by atoms with Gasteiger partial charge in [0.25, 0.3) is 5.91 Å². The summed E-state index contributed by atoms with van der Waals surface area (Å²) in [5.74, 6) is 0.991. The highest BCUT2D eigenvalue weighted by molar-refractivity contribution is 5.93. The summed E-state index contributed by atoms with van der Waals surface area (Å²) < 4.78 is 0. The average molecular weight is 360 g/mol. The van der Waals surface area contributed by atoms with E-state index in [0.29, 0.717) is 23.9 Å². The maximum atomic E-state index is 12.4. The van der Waals surface area contributed by atoms with Gasteiger partial charge >= 0.3 is 0 Å². The normalized spacial score (nSPS) is 10.4. The van der Waals surface area contributed by atoms with Crippen molar-refractivity contribution in [1.29, 1.82) is 0 Å². The van der Waals surface area contributed by atoms with E-state index in [1.54, 1.807) is 13.0 Å². The van der Waals surface area contributed by atoms with Gasteiger partial charge < -0.3 is 10.6 Å². The molecule has 0 unspecified atom stereocenters. The number of rotatable bonds is 7. The molecule has 2 aromatic carbocycles. The molecule has 0 radical (unpaired) electrons. The molecule has 0 saturated carbocycles. The first-order valence-electron chi connectivity index (χ1n) is 9.12. The van der Waals surface area contributed by atoms with E-state index in [1.807, 2.05) is 49.4 Å². The molecule has 0 bridgehead atoms. The fourth-order valence-corrected chi connectivity index (χ4v) is 2.85. The number of benzene rings is 2. The van der Waals surface area contributed by atoms with Crippen molar-refractivity contribution in [2.45, 2.75) is 26.7 Å². The van der Waals surface area contributed by atoms with E-state index < -0.39 is 0 Å². The molecule has 5 heteroatoms. The second kappa shape index (κ2) is 8.94. The number of nitrogens with zero attached hydrogens (tertiary/aromatic N) is 2. The summed E-state index contributed by atoms with van der Waals surface area (Å²) in [6, 6.07) is 19.9. The van der Waals surface area contributed by atoms with Gasteiger partial charge in [-0.1, -0.05) is 42.5 Å². The van der Waals surface area contributed by atoms with Gasteiger partial charge in [0.05, 0.1) is 0 Å². The monoisotopic (exact) mass is 360 g/mol. The van der Waals surface area contributed by atoms with E-state index in [0.717, 1.165) is 24.1 Å². The Morgan fingerprint density at radius 2 is 1.78 bits per heavy atom. The van der Waals surface area contributed by atoms with Crippen molar-refractivity contribution >= 4 is 17.4 Å². The van der Waals surface area contributed by atoms with Crippen LogP contribution in [0.5, 0.6) is 0 Å². The minimum atomic E-state index is -0.180. The van der Waals surface area contributed by atoms with Gasteiger partial charge in [0.2, 0.25) is 0 Å². The lowest BCUT2D eigenvalue weighted by Gasteiger charge is -2.10. The summed E-state index contributed by atoms with van der Waals surface area (Å²) in [6.45, 7) is 4.43. The lowest BCUT2D eigenvalue weighted by molar-refractivity contribution is 0.0948. The van der Waals surface area contributed by atoms with Crippen LogP contribution < -0.4 is 10.6 Å². The van der Waals surface area contributed by atoms with Gasteiger partial charge in [0, 0.05) is 18.3 Å². The summed E-state index contributed by atoms with van der Waals surface area (Å²) in [7, 11) is 0. The summed E-state index contributed by atoms with van der Waals surface area (Å²) in [5, 5.41) is 6.18. The Balaban J connectivity index is 1.58. The van der Waals surface area contributed by atoms with Gasteiger partial charge in [-0.3, -0.25) is 4.79 Å². The number of nitrogens with one attached hydrogen (secondary N) is 2. The smallest absolute Gasteiger partial charge is 0.270 e. The minimum absolute atomic E-state index is 0.180. The van der Waals surface area contributed by atoms with E-state index in [9.17, 15) is 4.79 Å². The number of aryl methyl sites for hydroxylation is 3. The Kier molecular flexibility index (Phi) is 6.15. The van der Waals surface area contributed by atoms with Crippen molar-refractivity contribution < 1.29 is 4.79 Å². The molecule has 1 heterocycles. The molecular formula is C22H24N4O. The first-order valence-corrected chi connectivity index (χ1v) is 9.12. The fourth-order valence-electron chi connectivity index (χ4n) is 2.85. The number of amides is 1. The number of carbonyl (C=O) groups excluding carboxylic acids is 1. The fraction of sp³-hybridized carbons (Fsp3) is 0.227. The van der Waals surface area contributed by atoms with Crippen molar-refractivity contribution in [2.75, 3.05) is 11.9 Å². The third kappa shape index (κ3) is 5.64. The maximum Gasteiger partial charge on any atom is 0.270 e. The predicted molar refractivity (Wildman–Crippen MR) is 108 cm³/mol. The van der Waals surface area contributed by atoms with Crippen LogP contribution in [-0.2, 0) is 6.42 Å². The van der Waals surface area contributed by atoms with Gasteiger partial charge in [-0.05, 0) is 49.9 Å². The molecule has 1 amide bonds. The Morgan fingerprint density at radius 3 is 2.56 bits per heavy atom. The standard InChI is InChI=1S/C22H24N4O/c1-16-8-6-12-19(14-16)26-21-15-20(24-17(2)25-21)22(27)23-13-7-11-18-9-4-3-5-10-18/h3-6,8-10,12,14-15H,7,11,13H2,1-2H3,(H,23,27)(H,24,25,26). The molecule has 1 aromatic heterocycles. The molecule has 27 heavy (non-hydrogen) atoms. The maximum absolute atomic E-state index is 12.4. The van der Waals surface area contributed by atoms with Crippen molar-refractivity contribution in [3.05, 3.63) is 83.3 Å². The van der Waals surface area contributed by atoms with Crippen LogP contribution in [0.25, 0.3) is 0 Å². The van der Waals surface area contributed by atoms with Crippen LogP contribution in [0, 0.1) is 13.8 Å². The van der Waals surface area contributed by atoms with Gasteiger partial charge in [0.15, 0.2) is 0 Å². The minimum Gasteiger partial charge on any atom is -0.351 e. The second-order valence-electron chi connectivity index (χ2n) is 6.53. The molecule has 0 aliphatic carbocycles. The first kappa shape index (κ1) is 18.6. The van der Waals surface area contributed by atoms with Crippen molar-refractivity contribution in [3.63, 3.8) is 0 Å². The number of carbonyl (C=O) groups is 1. The van der Waals surface area contributed by atoms with Crippen LogP contribution in [0.4, 0.5) is 11.5 Å². The topological polar surface area (TPSA) is 66.9 Å². The summed E-state index contributed by atoms with van der Waals surface area (Å²) >= 11 is 0. The number of hydrogen-bond donors (Lipinski definition) is 2. The Labute approximate surface area is 159 Å². The Bertz CT molecular complexity index is 909. The molecular weight excluding hydrogens is 336 g/mol. The van der Waals surface area contributed by atoms with Crippen LogP contribution in [0.15, 0.2) is 60.7 Å². The molecule has 0 saturated heterocycles. The zero-order chi connectivity index (χ0) is 19.1. The van der Waals surface area contributed by atoms with Crippen LogP contribution in [0.1, 0.15) is 33.9 Å². The van der Waals surface area contributed by atoms with E-state index >= 15 is 0 Å². The van der Waals surface area contributed by atoms with Crippen LogP contribution in [0.2, 0.25) is 0 Å². The van der Waals surface area contributed by atoms with E-state index in [-0.39, 0.29) is 5.91 Å². The van der Waals surface area contributed by atoms with E-state index in [4.69, 9.17) is 0 Å². The van der Waals surface area contributed by atoms with Crippen molar-refractivity contribution in [2.24, 2.45) is 0 Å². The number of hydrogen-bond acceptors (Lipinski definition) is 4. The molecule has 3 rings (SSSR count). The third-order valence-electron chi connectivity index (χ3n) is 4.13. The molecule has 5 nitrogen and oxygen atoms in total. The second-order valence-corrected chi connectivity index (χ2v) is 6.53. The number of aromatic nitrogens is 2. The Morgan fingerprint density at radius 1 is 0.963 bits per heavy atom. The van der Waals surface area contributed by atoms with E-state index in [2.05, 4.69) is 32.7 Å². The van der Waals surface area contributed by atoms with Gasteiger partial charge in [0.1, 0.15) is 17.3 Å². The highest BCUT2D eigenvalue weighted by atomic mass is 16.1. The lowest BCUT2D eigenvalue weighted by Crippen LogP contribution is -2.26. The van der Waals surface area contributed by atoms with Gasteiger partial charge in [-0.2, -0.15) is 0 Å². The summed E-state index contributed by atoms with van der Waals surface area (Å²) in [4.78, 5) is 21.1. The van der Waals surface area contributed by atoms with Crippen LogP contribution in [-0.4, -0.2) is 22.4 Å². The first-order chi connectivity index (χ1) is 13.1. The molecule has 138 valence electrons. The third-order valence-corrected chi connectivity index (χ3v) is 4.13. The largest absolute Gasteiger partial charge is 0.351 e. The Hall–Kier alpha value is -3.21.